The molecular weight excluding hydrogens is 174 g/mol. The van der Waals surface area contributed by atoms with Gasteiger partial charge in [0.1, 0.15) is 0 Å². The molecule has 0 radical (unpaired) electrons. The lowest BCUT2D eigenvalue weighted by molar-refractivity contribution is 0.0437. The third-order valence-corrected chi connectivity index (χ3v) is 4.09. The minimum Gasteiger partial charge on any atom is -0.389 e. The Morgan fingerprint density at radius 2 is 1.93 bits per heavy atom. The molecule has 2 aliphatic rings. The number of hydrogen-bond donors (Lipinski definition) is 2. The maximum atomic E-state index is 10.2. The Balaban J connectivity index is 1.75. The lowest BCUT2D eigenvalue weighted by atomic mass is 10.0. The van der Waals surface area contributed by atoms with Gasteiger partial charge in [-0.1, -0.05) is 26.2 Å². The van der Waals surface area contributed by atoms with E-state index in [4.69, 9.17) is 0 Å². The van der Waals surface area contributed by atoms with Crippen molar-refractivity contribution in [2.24, 2.45) is 5.92 Å². The summed E-state index contributed by atoms with van der Waals surface area (Å²) in [4.78, 5) is 0. The first-order valence-electron chi connectivity index (χ1n) is 6.15. The van der Waals surface area contributed by atoms with Crippen LogP contribution in [0.15, 0.2) is 0 Å². The van der Waals surface area contributed by atoms with Crippen molar-refractivity contribution in [3.8, 4) is 0 Å². The molecule has 0 aromatic carbocycles. The van der Waals surface area contributed by atoms with Gasteiger partial charge in [0.15, 0.2) is 0 Å². The lowest BCUT2D eigenvalue weighted by Gasteiger charge is -2.26. The topological polar surface area (TPSA) is 32.3 Å². The van der Waals surface area contributed by atoms with Crippen molar-refractivity contribution in [3.63, 3.8) is 0 Å². The van der Waals surface area contributed by atoms with Gasteiger partial charge in [-0.2, -0.15) is 0 Å². The van der Waals surface area contributed by atoms with Crippen molar-refractivity contribution in [1.29, 1.82) is 0 Å². The second kappa shape index (κ2) is 4.19. The maximum Gasteiger partial charge on any atom is 0.0771 e. The molecule has 0 aliphatic heterocycles. The van der Waals surface area contributed by atoms with E-state index in [1.165, 1.54) is 32.1 Å². The first-order valence-corrected chi connectivity index (χ1v) is 6.15. The predicted molar refractivity (Wildman–Crippen MR) is 58.2 cm³/mol. The van der Waals surface area contributed by atoms with Gasteiger partial charge in [-0.25, -0.2) is 0 Å². The van der Waals surface area contributed by atoms with Crippen molar-refractivity contribution in [2.45, 2.75) is 63.5 Å². The van der Waals surface area contributed by atoms with Crippen LogP contribution in [0.2, 0.25) is 0 Å². The molecule has 2 rings (SSSR count). The van der Waals surface area contributed by atoms with Crippen molar-refractivity contribution in [3.05, 3.63) is 0 Å². The summed E-state index contributed by atoms with van der Waals surface area (Å²) in [6, 6.07) is 0.666. The molecule has 0 heterocycles. The average Bonchev–Trinajstić information content (AvgIpc) is 2.73. The summed E-state index contributed by atoms with van der Waals surface area (Å²) < 4.78 is 0. The van der Waals surface area contributed by atoms with Gasteiger partial charge in [0, 0.05) is 12.6 Å². The van der Waals surface area contributed by atoms with E-state index in [1.807, 2.05) is 0 Å². The number of nitrogens with one attached hydrogen (secondary N) is 1. The normalized spacial score (nSPS) is 36.4. The van der Waals surface area contributed by atoms with Crippen LogP contribution in [0.25, 0.3) is 0 Å². The van der Waals surface area contributed by atoms with Crippen LogP contribution in [-0.4, -0.2) is 23.3 Å². The van der Waals surface area contributed by atoms with E-state index in [9.17, 15) is 5.11 Å². The minimum atomic E-state index is -0.373. The van der Waals surface area contributed by atoms with Crippen molar-refractivity contribution in [2.75, 3.05) is 6.54 Å². The molecule has 2 unspecified atom stereocenters. The summed E-state index contributed by atoms with van der Waals surface area (Å²) in [5, 5.41) is 13.7. The summed E-state index contributed by atoms with van der Waals surface area (Å²) in [7, 11) is 0. The summed E-state index contributed by atoms with van der Waals surface area (Å²) in [5.74, 6) is 0.806. The molecule has 0 aromatic heterocycles. The lowest BCUT2D eigenvalue weighted by Crippen LogP contribution is -2.43. The highest BCUT2D eigenvalue weighted by Crippen LogP contribution is 2.30. The van der Waals surface area contributed by atoms with Crippen molar-refractivity contribution < 1.29 is 5.11 Å². The van der Waals surface area contributed by atoms with E-state index in [0.29, 0.717) is 6.04 Å². The summed E-state index contributed by atoms with van der Waals surface area (Å²) in [6.45, 7) is 3.14. The van der Waals surface area contributed by atoms with Crippen LogP contribution in [0.4, 0.5) is 0 Å². The Morgan fingerprint density at radius 3 is 2.50 bits per heavy atom. The smallest absolute Gasteiger partial charge is 0.0771 e. The number of aliphatic hydroxyl groups is 1. The van der Waals surface area contributed by atoms with E-state index >= 15 is 0 Å². The molecule has 14 heavy (non-hydrogen) atoms. The molecule has 2 heteroatoms. The summed E-state index contributed by atoms with van der Waals surface area (Å²) in [6.07, 6.45) is 8.43. The monoisotopic (exact) mass is 197 g/mol. The first kappa shape index (κ1) is 10.4. The molecule has 82 valence electrons. The van der Waals surface area contributed by atoms with Gasteiger partial charge < -0.3 is 10.4 Å². The molecule has 0 bridgehead atoms. The van der Waals surface area contributed by atoms with E-state index in [-0.39, 0.29) is 5.60 Å². The molecule has 0 amide bonds. The van der Waals surface area contributed by atoms with Gasteiger partial charge in [-0.15, -0.1) is 0 Å². The summed E-state index contributed by atoms with van der Waals surface area (Å²) in [5.41, 5.74) is -0.373. The second-order valence-electron chi connectivity index (χ2n) is 5.33. The van der Waals surface area contributed by atoms with Crippen LogP contribution < -0.4 is 5.32 Å². The highest BCUT2D eigenvalue weighted by atomic mass is 16.3. The maximum absolute atomic E-state index is 10.2. The number of rotatable bonds is 3. The highest BCUT2D eigenvalue weighted by molar-refractivity contribution is 4.89. The largest absolute Gasteiger partial charge is 0.389 e. The molecule has 2 atom stereocenters. The van der Waals surface area contributed by atoms with Gasteiger partial charge in [-0.05, 0) is 31.6 Å². The predicted octanol–water partition coefficient (Wildman–Crippen LogP) is 2.07. The molecule has 2 saturated carbocycles. The van der Waals surface area contributed by atoms with E-state index in [2.05, 4.69) is 12.2 Å². The zero-order valence-corrected chi connectivity index (χ0v) is 9.26. The molecule has 2 N–H and O–H groups in total. The van der Waals surface area contributed by atoms with Crippen molar-refractivity contribution in [1.82, 2.24) is 5.32 Å². The third kappa shape index (κ3) is 2.29. The van der Waals surface area contributed by atoms with Crippen LogP contribution >= 0.6 is 0 Å². The SMILES string of the molecule is CC1CCCC1NCC1(O)CCCC1. The Morgan fingerprint density at radius 1 is 1.21 bits per heavy atom. The van der Waals surface area contributed by atoms with Gasteiger partial charge in [-0.3, -0.25) is 0 Å². The average molecular weight is 197 g/mol. The molecule has 0 aromatic rings. The Hall–Kier alpha value is -0.0800. The first-order chi connectivity index (χ1) is 6.70. The quantitative estimate of drug-likeness (QED) is 0.726. The third-order valence-electron chi connectivity index (χ3n) is 4.09. The fraction of sp³-hybridized carbons (Fsp3) is 1.00. The van der Waals surface area contributed by atoms with Gasteiger partial charge in [0.2, 0.25) is 0 Å². The molecule has 2 aliphatic carbocycles. The zero-order valence-electron chi connectivity index (χ0n) is 9.26. The standard InChI is InChI=1S/C12H23NO/c1-10-5-4-6-11(10)13-9-12(14)7-2-3-8-12/h10-11,13-14H,2-9H2,1H3. The van der Waals surface area contributed by atoms with Crippen LogP contribution in [0, 0.1) is 5.92 Å². The van der Waals surface area contributed by atoms with Gasteiger partial charge in [0.25, 0.3) is 0 Å². The molecule has 0 saturated heterocycles. The molecule has 2 fully saturated rings. The van der Waals surface area contributed by atoms with Gasteiger partial charge >= 0.3 is 0 Å². The van der Waals surface area contributed by atoms with Crippen molar-refractivity contribution >= 4 is 0 Å². The fourth-order valence-electron chi connectivity index (χ4n) is 2.98. The highest BCUT2D eigenvalue weighted by Gasteiger charge is 2.32. The van der Waals surface area contributed by atoms with E-state index < -0.39 is 0 Å². The number of hydrogen-bond acceptors (Lipinski definition) is 2. The zero-order chi connectivity index (χ0) is 10.0. The minimum absolute atomic E-state index is 0.373. The Bertz CT molecular complexity index is 187. The van der Waals surface area contributed by atoms with Crippen LogP contribution in [0.1, 0.15) is 51.9 Å². The molecule has 2 nitrogen and oxygen atoms in total. The van der Waals surface area contributed by atoms with E-state index in [0.717, 1.165) is 25.3 Å². The van der Waals surface area contributed by atoms with Gasteiger partial charge in [0.05, 0.1) is 5.60 Å². The summed E-state index contributed by atoms with van der Waals surface area (Å²) >= 11 is 0. The Labute approximate surface area is 87.1 Å². The molecular formula is C12H23NO. The fourth-order valence-corrected chi connectivity index (χ4v) is 2.98. The van der Waals surface area contributed by atoms with Crippen LogP contribution in [0.5, 0.6) is 0 Å². The second-order valence-corrected chi connectivity index (χ2v) is 5.33. The van der Waals surface area contributed by atoms with Crippen LogP contribution in [-0.2, 0) is 0 Å². The van der Waals surface area contributed by atoms with E-state index in [1.54, 1.807) is 0 Å². The molecule has 0 spiro atoms. The Kier molecular flexibility index (Phi) is 3.13. The van der Waals surface area contributed by atoms with Crippen LogP contribution in [0.3, 0.4) is 0 Å².